The average molecular weight is 122 g/mol. The smallest absolute Gasteiger partial charge is 0.317 e. The van der Waals surface area contributed by atoms with E-state index >= 15 is 0 Å². The predicted octanol–water partition coefficient (Wildman–Crippen LogP) is -0.208. The van der Waals surface area contributed by atoms with Gasteiger partial charge in [-0.1, -0.05) is 0 Å². The molecule has 0 amide bonds. The van der Waals surface area contributed by atoms with Gasteiger partial charge in [0.15, 0.2) is 5.92 Å². The zero-order valence-electron chi connectivity index (χ0n) is 4.29. The first kappa shape index (κ1) is 6.94. The molecule has 0 bridgehead atoms. The number of aliphatic carboxylic acids is 2. The van der Waals surface area contributed by atoms with Gasteiger partial charge >= 0.3 is 11.9 Å². The maximum absolute atomic E-state index is 9.76. The summed E-state index contributed by atoms with van der Waals surface area (Å²) >= 11 is 0. The summed E-state index contributed by atoms with van der Waals surface area (Å²) in [5.41, 5.74) is 0. The van der Waals surface area contributed by atoms with E-state index < -0.39 is 17.9 Å². The van der Waals surface area contributed by atoms with Crippen LogP contribution in [0.25, 0.3) is 0 Å². The Balaban J connectivity index is 3.83. The molecule has 0 rings (SSSR count). The molecule has 0 radical (unpaired) electrons. The second-order valence-electron chi connectivity index (χ2n) is 1.40. The Labute approximate surface area is 45.7 Å². The first-order chi connectivity index (χ1) is 3.55. The molecule has 8 heavy (non-hydrogen) atoms. The molecule has 0 fully saturated rings. The Hall–Kier alpha value is -1.06. The predicted molar refractivity (Wildman–Crippen MR) is 24.4 cm³/mol. The topological polar surface area (TPSA) is 74.6 Å². The van der Waals surface area contributed by atoms with Crippen LogP contribution in [0.4, 0.5) is 0 Å². The summed E-state index contributed by atoms with van der Waals surface area (Å²) < 4.78 is 0. The van der Waals surface area contributed by atoms with Gasteiger partial charge in [0.25, 0.3) is 0 Å². The molecule has 4 nitrogen and oxygen atoms in total. The van der Waals surface area contributed by atoms with E-state index in [1.807, 2.05) is 0 Å². The second kappa shape index (κ2) is 2.30. The molecule has 46 valence electrons. The lowest BCUT2D eigenvalue weighted by Crippen LogP contribution is -2.19. The molecule has 0 unspecified atom stereocenters. The minimum atomic E-state index is -1.31. The highest BCUT2D eigenvalue weighted by Crippen LogP contribution is 1.91. The lowest BCUT2D eigenvalue weighted by molar-refractivity contribution is -0.153. The number of carbonyl (C=O) groups is 2. The Morgan fingerprint density at radius 3 is 1.50 bits per heavy atom. The molecule has 0 saturated heterocycles. The van der Waals surface area contributed by atoms with Crippen molar-refractivity contribution in [3.8, 4) is 0 Å². The largest absolute Gasteiger partial charge is 0.481 e. The van der Waals surface area contributed by atoms with Crippen molar-refractivity contribution in [2.75, 3.05) is 0 Å². The monoisotopic (exact) mass is 122 g/mol. The van der Waals surface area contributed by atoms with Crippen LogP contribution in [-0.4, -0.2) is 22.2 Å². The molecule has 0 aliphatic rings. The minimum absolute atomic E-state index is 1.12. The van der Waals surface area contributed by atoms with Crippen LogP contribution in [0.1, 0.15) is 6.92 Å². The first-order valence-electron chi connectivity index (χ1n) is 2.01. The molecule has 0 atom stereocenters. The zero-order valence-corrected chi connectivity index (χ0v) is 4.29. The Kier molecular flexibility index (Phi) is 1.99. The van der Waals surface area contributed by atoms with Crippen molar-refractivity contribution in [3.63, 3.8) is 0 Å². The zero-order chi connectivity index (χ0) is 6.73. The van der Waals surface area contributed by atoms with Crippen molar-refractivity contribution in [3.05, 3.63) is 0 Å². The third-order valence-corrected chi connectivity index (χ3v) is 0.741. The maximum atomic E-state index is 9.76. The quantitative estimate of drug-likeness (QED) is 0.392. The van der Waals surface area contributed by atoms with E-state index in [2.05, 4.69) is 0 Å². The van der Waals surface area contributed by atoms with Gasteiger partial charge in [-0.2, -0.15) is 0 Å². The molecule has 4 heteroatoms. The lowest BCUT2D eigenvalue weighted by atomic mass is 11.2. The number of hydrogen-bond donors (Lipinski definition) is 2. The van der Waals surface area contributed by atoms with Gasteiger partial charge in [0.05, 0.1) is 0 Å². The SMILES string of the molecule is [13CH3][13CH]([13C](=O)O)[13C](=O)O. The van der Waals surface area contributed by atoms with Crippen molar-refractivity contribution in [1.29, 1.82) is 0 Å². The van der Waals surface area contributed by atoms with E-state index in [9.17, 15) is 9.59 Å². The van der Waals surface area contributed by atoms with Gasteiger partial charge in [0.1, 0.15) is 0 Å². The van der Waals surface area contributed by atoms with Gasteiger partial charge in [-0.05, 0) is 6.92 Å². The van der Waals surface area contributed by atoms with E-state index in [1.54, 1.807) is 0 Å². The van der Waals surface area contributed by atoms with Gasteiger partial charge in [-0.3, -0.25) is 9.59 Å². The molecule has 0 heterocycles. The molecular formula is C4H6O4. The number of carboxylic acid groups (broad SMARTS) is 2. The van der Waals surface area contributed by atoms with Crippen LogP contribution in [0, 0.1) is 5.92 Å². The number of carboxylic acids is 2. The van der Waals surface area contributed by atoms with E-state index in [-0.39, 0.29) is 0 Å². The van der Waals surface area contributed by atoms with Gasteiger partial charge in [0, 0.05) is 0 Å². The Bertz CT molecular complexity index is 103. The Morgan fingerprint density at radius 2 is 1.50 bits per heavy atom. The summed E-state index contributed by atoms with van der Waals surface area (Å²) in [6.45, 7) is 1.12. The molecule has 0 spiro atoms. The standard InChI is InChI=1S/C4H6O4/c1-2(3(5)6)4(7)8/h2H,1H3,(H,5,6)(H,7,8)/i1+1,2+1,3+1,4+1. The van der Waals surface area contributed by atoms with E-state index in [0.29, 0.717) is 0 Å². The summed E-state index contributed by atoms with van der Waals surface area (Å²) in [4.78, 5) is 19.5. The molecule has 0 aromatic rings. The van der Waals surface area contributed by atoms with Crippen LogP contribution in [0.5, 0.6) is 0 Å². The fourth-order valence-electron chi connectivity index (χ4n) is 0.106. The molecule has 0 aromatic carbocycles. The van der Waals surface area contributed by atoms with Crippen molar-refractivity contribution in [1.82, 2.24) is 0 Å². The van der Waals surface area contributed by atoms with E-state index in [1.165, 1.54) is 0 Å². The fourth-order valence-corrected chi connectivity index (χ4v) is 0.106. The van der Waals surface area contributed by atoms with Gasteiger partial charge in [0.2, 0.25) is 0 Å². The van der Waals surface area contributed by atoms with Crippen LogP contribution in [0.15, 0.2) is 0 Å². The highest BCUT2D eigenvalue weighted by molar-refractivity contribution is 5.92. The van der Waals surface area contributed by atoms with Crippen molar-refractivity contribution >= 4 is 11.9 Å². The summed E-state index contributed by atoms with van der Waals surface area (Å²) in [6.07, 6.45) is 0. The fraction of sp³-hybridized carbons (Fsp3) is 0.500. The van der Waals surface area contributed by atoms with E-state index in [4.69, 9.17) is 10.2 Å². The molecule has 0 aliphatic heterocycles. The third kappa shape index (κ3) is 1.59. The van der Waals surface area contributed by atoms with Crippen molar-refractivity contribution in [2.24, 2.45) is 5.92 Å². The first-order valence-corrected chi connectivity index (χ1v) is 2.01. The van der Waals surface area contributed by atoms with Crippen molar-refractivity contribution in [2.45, 2.75) is 6.92 Å². The Morgan fingerprint density at radius 1 is 1.25 bits per heavy atom. The summed E-state index contributed by atoms with van der Waals surface area (Å²) in [5.74, 6) is -3.91. The lowest BCUT2D eigenvalue weighted by Gasteiger charge is -1.94. The van der Waals surface area contributed by atoms with Gasteiger partial charge < -0.3 is 10.2 Å². The van der Waals surface area contributed by atoms with Gasteiger partial charge in [-0.25, -0.2) is 0 Å². The highest BCUT2D eigenvalue weighted by Gasteiger charge is 2.18. The summed E-state index contributed by atoms with van der Waals surface area (Å²) in [7, 11) is 0. The van der Waals surface area contributed by atoms with Crippen LogP contribution in [-0.2, 0) is 9.59 Å². The minimum Gasteiger partial charge on any atom is -0.481 e. The number of rotatable bonds is 2. The maximum Gasteiger partial charge on any atom is 0.317 e. The molecule has 0 aliphatic carbocycles. The molecule has 0 aromatic heterocycles. The molecule has 2 N–H and O–H groups in total. The van der Waals surface area contributed by atoms with Crippen LogP contribution in [0.3, 0.4) is 0 Å². The van der Waals surface area contributed by atoms with Crippen LogP contribution < -0.4 is 0 Å². The summed E-state index contributed by atoms with van der Waals surface area (Å²) in [6, 6.07) is 0. The number of hydrogen-bond acceptors (Lipinski definition) is 2. The van der Waals surface area contributed by atoms with E-state index in [0.717, 1.165) is 6.92 Å². The van der Waals surface area contributed by atoms with Crippen molar-refractivity contribution < 1.29 is 19.8 Å². The normalized spacial score (nSPS) is 9.25. The average Bonchev–Trinajstić information content (AvgIpc) is 1.64. The molecule has 0 saturated carbocycles. The highest BCUT2D eigenvalue weighted by atomic mass is 16.5. The third-order valence-electron chi connectivity index (χ3n) is 0.741. The molecular weight excluding hydrogens is 116 g/mol. The second-order valence-corrected chi connectivity index (χ2v) is 1.40. The van der Waals surface area contributed by atoms with Crippen LogP contribution in [0.2, 0.25) is 0 Å². The summed E-state index contributed by atoms with van der Waals surface area (Å²) in [5, 5.41) is 15.9. The van der Waals surface area contributed by atoms with Gasteiger partial charge in [-0.15, -0.1) is 0 Å². The van der Waals surface area contributed by atoms with Crippen LogP contribution >= 0.6 is 0 Å².